The summed E-state index contributed by atoms with van der Waals surface area (Å²) in [6.45, 7) is 0. The first-order chi connectivity index (χ1) is 11.8. The van der Waals surface area contributed by atoms with Crippen molar-refractivity contribution < 1.29 is 4.39 Å². The fourth-order valence-electron chi connectivity index (χ4n) is 2.49. The van der Waals surface area contributed by atoms with Crippen LogP contribution in [0, 0.1) is 5.82 Å². The van der Waals surface area contributed by atoms with Gasteiger partial charge in [0.2, 0.25) is 0 Å². The molecular weight excluding hydrogens is 303 g/mol. The highest BCUT2D eigenvalue weighted by atomic mass is 19.1. The predicted octanol–water partition coefficient (Wildman–Crippen LogP) is 4.57. The second-order valence-electron chi connectivity index (χ2n) is 5.29. The van der Waals surface area contributed by atoms with E-state index in [1.54, 1.807) is 24.5 Å². The highest BCUT2D eigenvalue weighted by Crippen LogP contribution is 2.26. The Bertz CT molecular complexity index is 1000. The SMILES string of the molecule is Fc1cccc(Nc2nc(-c3ccccc3)nc3ccncc23)c1. The van der Waals surface area contributed by atoms with Gasteiger partial charge in [0, 0.05) is 23.6 Å². The topological polar surface area (TPSA) is 50.7 Å². The summed E-state index contributed by atoms with van der Waals surface area (Å²) in [6, 6.07) is 17.8. The molecule has 0 saturated carbocycles. The van der Waals surface area contributed by atoms with Crippen molar-refractivity contribution in [2.45, 2.75) is 0 Å². The van der Waals surface area contributed by atoms with Crippen LogP contribution in [0.5, 0.6) is 0 Å². The monoisotopic (exact) mass is 316 g/mol. The molecule has 0 aliphatic heterocycles. The summed E-state index contributed by atoms with van der Waals surface area (Å²) >= 11 is 0. The molecule has 4 nitrogen and oxygen atoms in total. The van der Waals surface area contributed by atoms with Gasteiger partial charge in [0.25, 0.3) is 0 Å². The number of nitrogens with zero attached hydrogens (tertiary/aromatic N) is 3. The first kappa shape index (κ1) is 14.3. The first-order valence-electron chi connectivity index (χ1n) is 7.49. The molecule has 0 fully saturated rings. The molecule has 24 heavy (non-hydrogen) atoms. The van der Waals surface area contributed by atoms with Crippen LogP contribution in [0.3, 0.4) is 0 Å². The molecule has 4 aromatic rings. The number of benzene rings is 2. The highest BCUT2D eigenvalue weighted by molar-refractivity contribution is 5.91. The van der Waals surface area contributed by atoms with Crippen LogP contribution >= 0.6 is 0 Å². The van der Waals surface area contributed by atoms with Crippen molar-refractivity contribution in [1.82, 2.24) is 15.0 Å². The Balaban J connectivity index is 1.86. The molecular formula is C19H13FN4. The number of hydrogen-bond acceptors (Lipinski definition) is 4. The van der Waals surface area contributed by atoms with Crippen LogP contribution in [0.2, 0.25) is 0 Å². The van der Waals surface area contributed by atoms with Gasteiger partial charge in [0.1, 0.15) is 11.6 Å². The van der Waals surface area contributed by atoms with Crippen LogP contribution in [-0.4, -0.2) is 15.0 Å². The Morgan fingerprint density at radius 3 is 2.58 bits per heavy atom. The number of fused-ring (bicyclic) bond motifs is 1. The normalized spacial score (nSPS) is 10.7. The second kappa shape index (κ2) is 6.04. The lowest BCUT2D eigenvalue weighted by Gasteiger charge is -2.11. The van der Waals surface area contributed by atoms with Crippen LogP contribution < -0.4 is 5.32 Å². The van der Waals surface area contributed by atoms with Crippen molar-refractivity contribution in [3.05, 3.63) is 78.9 Å². The molecule has 2 aromatic heterocycles. The largest absolute Gasteiger partial charge is 0.339 e. The first-order valence-corrected chi connectivity index (χ1v) is 7.49. The summed E-state index contributed by atoms with van der Waals surface area (Å²) in [4.78, 5) is 13.4. The molecule has 0 unspecified atom stereocenters. The smallest absolute Gasteiger partial charge is 0.162 e. The van der Waals surface area contributed by atoms with Crippen molar-refractivity contribution >= 4 is 22.4 Å². The molecule has 2 heterocycles. The van der Waals surface area contributed by atoms with E-state index in [4.69, 9.17) is 0 Å². The number of pyridine rings is 1. The van der Waals surface area contributed by atoms with E-state index in [0.717, 1.165) is 16.5 Å². The van der Waals surface area contributed by atoms with Gasteiger partial charge in [-0.15, -0.1) is 0 Å². The summed E-state index contributed by atoms with van der Waals surface area (Å²) in [5.74, 6) is 0.894. The molecule has 5 heteroatoms. The summed E-state index contributed by atoms with van der Waals surface area (Å²) < 4.78 is 13.4. The molecule has 0 bridgehead atoms. The van der Waals surface area contributed by atoms with E-state index in [1.807, 2.05) is 36.4 Å². The summed E-state index contributed by atoms with van der Waals surface area (Å²) in [7, 11) is 0. The number of nitrogens with one attached hydrogen (secondary N) is 1. The summed E-state index contributed by atoms with van der Waals surface area (Å²) in [5.41, 5.74) is 2.31. The molecule has 116 valence electrons. The van der Waals surface area contributed by atoms with Crippen molar-refractivity contribution in [3.63, 3.8) is 0 Å². The van der Waals surface area contributed by atoms with E-state index in [2.05, 4.69) is 20.3 Å². The minimum absolute atomic E-state index is 0.306. The third-order valence-electron chi connectivity index (χ3n) is 3.62. The zero-order chi connectivity index (χ0) is 16.4. The minimum Gasteiger partial charge on any atom is -0.339 e. The van der Waals surface area contributed by atoms with E-state index in [0.29, 0.717) is 17.3 Å². The number of hydrogen-bond donors (Lipinski definition) is 1. The van der Waals surface area contributed by atoms with Gasteiger partial charge in [0.15, 0.2) is 5.82 Å². The van der Waals surface area contributed by atoms with Gasteiger partial charge < -0.3 is 5.32 Å². The van der Waals surface area contributed by atoms with Crippen molar-refractivity contribution in [1.29, 1.82) is 0 Å². The van der Waals surface area contributed by atoms with Gasteiger partial charge in [-0.1, -0.05) is 36.4 Å². The molecule has 0 amide bonds. The maximum absolute atomic E-state index is 13.4. The third kappa shape index (κ3) is 2.79. The molecule has 0 radical (unpaired) electrons. The third-order valence-corrected chi connectivity index (χ3v) is 3.62. The van der Waals surface area contributed by atoms with Crippen molar-refractivity contribution in [2.24, 2.45) is 0 Å². The zero-order valence-electron chi connectivity index (χ0n) is 12.6. The maximum atomic E-state index is 13.4. The minimum atomic E-state index is -0.306. The number of halogens is 1. The van der Waals surface area contributed by atoms with E-state index in [9.17, 15) is 4.39 Å². The van der Waals surface area contributed by atoms with E-state index >= 15 is 0 Å². The van der Waals surface area contributed by atoms with E-state index < -0.39 is 0 Å². The molecule has 0 saturated heterocycles. The number of rotatable bonds is 3. The molecule has 0 aliphatic rings. The fraction of sp³-hybridized carbons (Fsp3) is 0. The Labute approximate surface area is 138 Å². The van der Waals surface area contributed by atoms with Crippen LogP contribution in [0.1, 0.15) is 0 Å². The van der Waals surface area contributed by atoms with Gasteiger partial charge in [-0.2, -0.15) is 0 Å². The lowest BCUT2D eigenvalue weighted by atomic mass is 10.2. The van der Waals surface area contributed by atoms with Crippen LogP contribution in [-0.2, 0) is 0 Å². The molecule has 2 aromatic carbocycles. The average molecular weight is 316 g/mol. The van der Waals surface area contributed by atoms with Gasteiger partial charge in [0.05, 0.1) is 10.9 Å². The Kier molecular flexibility index (Phi) is 3.59. The van der Waals surface area contributed by atoms with E-state index in [-0.39, 0.29) is 5.82 Å². The van der Waals surface area contributed by atoms with Crippen LogP contribution in [0.4, 0.5) is 15.9 Å². The summed E-state index contributed by atoms with van der Waals surface area (Å²) in [5, 5.41) is 3.95. The maximum Gasteiger partial charge on any atom is 0.162 e. The van der Waals surface area contributed by atoms with Crippen molar-refractivity contribution in [3.8, 4) is 11.4 Å². The van der Waals surface area contributed by atoms with Crippen LogP contribution in [0.25, 0.3) is 22.3 Å². The Morgan fingerprint density at radius 2 is 1.75 bits per heavy atom. The molecule has 0 aliphatic carbocycles. The quantitative estimate of drug-likeness (QED) is 0.601. The van der Waals surface area contributed by atoms with Gasteiger partial charge in [-0.25, -0.2) is 14.4 Å². The van der Waals surface area contributed by atoms with Gasteiger partial charge in [-0.05, 0) is 24.3 Å². The lowest BCUT2D eigenvalue weighted by molar-refractivity contribution is 0.628. The number of anilines is 2. The standard InChI is InChI=1S/C19H13FN4/c20-14-7-4-8-15(11-14)22-19-16-12-21-10-9-17(16)23-18(24-19)13-5-2-1-3-6-13/h1-12H,(H,22,23,24). The predicted molar refractivity (Wildman–Crippen MR) is 92.5 cm³/mol. The van der Waals surface area contributed by atoms with Gasteiger partial charge >= 0.3 is 0 Å². The Hall–Kier alpha value is -3.34. The van der Waals surface area contributed by atoms with Gasteiger partial charge in [-0.3, -0.25) is 4.98 Å². The second-order valence-corrected chi connectivity index (χ2v) is 5.29. The fourth-order valence-corrected chi connectivity index (χ4v) is 2.49. The zero-order valence-corrected chi connectivity index (χ0v) is 12.6. The van der Waals surface area contributed by atoms with E-state index in [1.165, 1.54) is 12.1 Å². The Morgan fingerprint density at radius 1 is 0.875 bits per heavy atom. The number of aromatic nitrogens is 3. The molecule has 0 spiro atoms. The van der Waals surface area contributed by atoms with Crippen LogP contribution in [0.15, 0.2) is 73.1 Å². The lowest BCUT2D eigenvalue weighted by Crippen LogP contribution is -2.00. The van der Waals surface area contributed by atoms with Crippen molar-refractivity contribution in [2.75, 3.05) is 5.32 Å². The average Bonchev–Trinajstić information content (AvgIpc) is 2.62. The highest BCUT2D eigenvalue weighted by Gasteiger charge is 2.10. The molecule has 4 rings (SSSR count). The molecule has 1 N–H and O–H groups in total. The summed E-state index contributed by atoms with van der Waals surface area (Å²) in [6.07, 6.45) is 3.39. The molecule has 0 atom stereocenters.